The molecule has 29 heavy (non-hydrogen) atoms. The van der Waals surface area contributed by atoms with Crippen LogP contribution in [0.2, 0.25) is 0 Å². The van der Waals surface area contributed by atoms with Crippen LogP contribution in [0.3, 0.4) is 0 Å². The van der Waals surface area contributed by atoms with Gasteiger partial charge < -0.3 is 14.8 Å². The molecule has 4 rings (SSSR count). The average molecular weight is 411 g/mol. The van der Waals surface area contributed by atoms with Crippen LogP contribution < -0.4 is 5.32 Å². The van der Waals surface area contributed by atoms with Gasteiger partial charge in [0.15, 0.2) is 0 Å². The van der Waals surface area contributed by atoms with Crippen molar-refractivity contribution in [2.75, 3.05) is 19.6 Å². The van der Waals surface area contributed by atoms with Crippen molar-refractivity contribution in [3.8, 4) is 5.69 Å². The molecular formula is C23H30N4OS. The van der Waals surface area contributed by atoms with E-state index in [1.165, 1.54) is 37.1 Å². The van der Waals surface area contributed by atoms with Gasteiger partial charge >= 0.3 is 0 Å². The van der Waals surface area contributed by atoms with Gasteiger partial charge in [0.05, 0.1) is 5.69 Å². The quantitative estimate of drug-likeness (QED) is 0.600. The maximum Gasteiger partial charge on any atom is 0.263 e. The van der Waals surface area contributed by atoms with Gasteiger partial charge in [-0.05, 0) is 70.8 Å². The number of carbonyl (C=O) groups is 1. The SMILES string of the molecule is Cc1ccc(C)n1-c1c(C(=O)NCCCN2CCCC[C@H]2C)sc2ncccc12. The first kappa shape index (κ1) is 20.1. The fraction of sp³-hybridized carbons (Fsp3) is 0.478. The molecule has 1 aliphatic rings. The largest absolute Gasteiger partial charge is 0.351 e. The molecule has 1 N–H and O–H groups in total. The Labute approximate surface area is 176 Å². The summed E-state index contributed by atoms with van der Waals surface area (Å²) in [5.41, 5.74) is 3.21. The highest BCUT2D eigenvalue weighted by atomic mass is 32.1. The zero-order chi connectivity index (χ0) is 20.4. The molecule has 0 aliphatic carbocycles. The second-order valence-electron chi connectivity index (χ2n) is 8.08. The number of hydrogen-bond acceptors (Lipinski definition) is 4. The summed E-state index contributed by atoms with van der Waals surface area (Å²) in [5, 5.41) is 4.19. The van der Waals surface area contributed by atoms with Crippen molar-refractivity contribution >= 4 is 27.5 Å². The molecule has 0 radical (unpaired) electrons. The summed E-state index contributed by atoms with van der Waals surface area (Å²) in [5.74, 6) is 0.00203. The number of piperidine rings is 1. The third kappa shape index (κ3) is 4.09. The van der Waals surface area contributed by atoms with Crippen LogP contribution in [0.1, 0.15) is 53.7 Å². The zero-order valence-electron chi connectivity index (χ0n) is 17.6. The smallest absolute Gasteiger partial charge is 0.263 e. The lowest BCUT2D eigenvalue weighted by molar-refractivity contribution is 0.0953. The first-order valence-corrected chi connectivity index (χ1v) is 11.4. The van der Waals surface area contributed by atoms with E-state index in [4.69, 9.17) is 0 Å². The number of rotatable bonds is 6. The predicted molar refractivity (Wildman–Crippen MR) is 120 cm³/mol. The van der Waals surface area contributed by atoms with E-state index in [2.05, 4.69) is 58.7 Å². The Bertz CT molecular complexity index is 986. The fourth-order valence-corrected chi connectivity index (χ4v) is 5.42. The Kier molecular flexibility index (Phi) is 6.01. The third-order valence-electron chi connectivity index (χ3n) is 5.99. The van der Waals surface area contributed by atoms with E-state index in [-0.39, 0.29) is 5.91 Å². The maximum absolute atomic E-state index is 13.1. The lowest BCUT2D eigenvalue weighted by Crippen LogP contribution is -2.39. The standard InChI is InChI=1S/C23H30N4OS/c1-16-8-4-5-14-26(16)15-7-13-24-22(28)21-20(27-17(2)10-11-18(27)3)19-9-6-12-25-23(19)29-21/h6,9-12,16H,4-5,7-8,13-15H2,1-3H3,(H,24,28)/t16-/m1/s1. The van der Waals surface area contributed by atoms with E-state index >= 15 is 0 Å². The van der Waals surface area contributed by atoms with E-state index < -0.39 is 0 Å². The van der Waals surface area contributed by atoms with Crippen molar-refractivity contribution in [3.05, 3.63) is 46.7 Å². The minimum absolute atomic E-state index is 0.00203. The van der Waals surface area contributed by atoms with Gasteiger partial charge in [0.2, 0.25) is 0 Å². The van der Waals surface area contributed by atoms with Crippen LogP contribution in [0, 0.1) is 13.8 Å². The Morgan fingerprint density at radius 1 is 1.24 bits per heavy atom. The van der Waals surface area contributed by atoms with Crippen LogP contribution in [0.25, 0.3) is 15.9 Å². The van der Waals surface area contributed by atoms with Crippen LogP contribution in [0.5, 0.6) is 0 Å². The summed E-state index contributed by atoms with van der Waals surface area (Å²) >= 11 is 1.48. The number of carbonyl (C=O) groups excluding carboxylic acids is 1. The van der Waals surface area contributed by atoms with E-state index in [1.807, 2.05) is 6.07 Å². The average Bonchev–Trinajstić information content (AvgIpc) is 3.25. The lowest BCUT2D eigenvalue weighted by atomic mass is 10.0. The monoisotopic (exact) mass is 410 g/mol. The topological polar surface area (TPSA) is 50.2 Å². The molecule has 1 atom stereocenters. The Morgan fingerprint density at radius 2 is 2.03 bits per heavy atom. The normalized spacial score (nSPS) is 17.7. The van der Waals surface area contributed by atoms with Crippen LogP contribution in [0.15, 0.2) is 30.5 Å². The van der Waals surface area contributed by atoms with Crippen molar-refractivity contribution in [2.45, 2.75) is 52.5 Å². The van der Waals surface area contributed by atoms with Crippen LogP contribution in [-0.2, 0) is 0 Å². The molecule has 0 unspecified atom stereocenters. The number of hydrogen-bond donors (Lipinski definition) is 1. The van der Waals surface area contributed by atoms with E-state index in [0.717, 1.165) is 45.1 Å². The number of amides is 1. The number of aromatic nitrogens is 2. The number of likely N-dealkylation sites (tertiary alicyclic amines) is 1. The first-order chi connectivity index (χ1) is 14.1. The van der Waals surface area contributed by atoms with Crippen molar-refractivity contribution in [2.24, 2.45) is 0 Å². The second-order valence-corrected chi connectivity index (χ2v) is 9.08. The predicted octanol–water partition coefficient (Wildman–Crippen LogP) is 4.70. The van der Waals surface area contributed by atoms with Crippen LogP contribution in [-0.4, -0.2) is 46.0 Å². The van der Waals surface area contributed by atoms with Gasteiger partial charge in [0.1, 0.15) is 9.71 Å². The molecule has 6 heteroatoms. The highest BCUT2D eigenvalue weighted by Crippen LogP contribution is 2.34. The van der Waals surface area contributed by atoms with E-state index in [1.54, 1.807) is 6.20 Å². The van der Waals surface area contributed by atoms with Gasteiger partial charge in [-0.3, -0.25) is 4.79 Å². The van der Waals surface area contributed by atoms with Crippen LogP contribution in [0.4, 0.5) is 0 Å². The molecule has 0 bridgehead atoms. The number of thiophene rings is 1. The van der Waals surface area contributed by atoms with Gasteiger partial charge in [-0.15, -0.1) is 11.3 Å². The van der Waals surface area contributed by atoms with Gasteiger partial charge in [-0.1, -0.05) is 6.42 Å². The Morgan fingerprint density at radius 3 is 2.79 bits per heavy atom. The van der Waals surface area contributed by atoms with E-state index in [9.17, 15) is 4.79 Å². The van der Waals surface area contributed by atoms with Gasteiger partial charge in [-0.2, -0.15) is 0 Å². The molecular weight excluding hydrogens is 380 g/mol. The molecule has 3 aromatic rings. The van der Waals surface area contributed by atoms with Crippen molar-refractivity contribution in [1.82, 2.24) is 19.8 Å². The molecule has 1 aliphatic heterocycles. The summed E-state index contributed by atoms with van der Waals surface area (Å²) in [7, 11) is 0. The number of nitrogens with one attached hydrogen (secondary N) is 1. The number of fused-ring (bicyclic) bond motifs is 1. The maximum atomic E-state index is 13.1. The van der Waals surface area contributed by atoms with Gasteiger partial charge in [-0.25, -0.2) is 4.98 Å². The molecule has 4 heterocycles. The van der Waals surface area contributed by atoms with Crippen LogP contribution >= 0.6 is 11.3 Å². The van der Waals surface area contributed by atoms with Gasteiger partial charge in [0.25, 0.3) is 5.91 Å². The Hall–Kier alpha value is -2.18. The summed E-state index contributed by atoms with van der Waals surface area (Å²) < 4.78 is 2.17. The minimum Gasteiger partial charge on any atom is -0.351 e. The minimum atomic E-state index is 0.00203. The molecule has 1 amide bonds. The molecule has 0 aromatic carbocycles. The first-order valence-electron chi connectivity index (χ1n) is 10.6. The van der Waals surface area contributed by atoms with Crippen molar-refractivity contribution < 1.29 is 4.79 Å². The van der Waals surface area contributed by atoms with E-state index in [0.29, 0.717) is 12.6 Å². The number of aryl methyl sites for hydroxylation is 2. The number of pyridine rings is 1. The van der Waals surface area contributed by atoms with Crippen molar-refractivity contribution in [1.29, 1.82) is 0 Å². The highest BCUT2D eigenvalue weighted by Gasteiger charge is 2.22. The summed E-state index contributed by atoms with van der Waals surface area (Å²) in [6, 6.07) is 8.85. The molecule has 1 fully saturated rings. The molecule has 1 saturated heterocycles. The summed E-state index contributed by atoms with van der Waals surface area (Å²) in [6.07, 6.45) is 6.70. The molecule has 154 valence electrons. The molecule has 3 aromatic heterocycles. The van der Waals surface area contributed by atoms with Gasteiger partial charge in [0, 0.05) is 42.1 Å². The molecule has 0 spiro atoms. The fourth-order valence-electron chi connectivity index (χ4n) is 4.37. The lowest BCUT2D eigenvalue weighted by Gasteiger charge is -2.33. The second kappa shape index (κ2) is 8.67. The Balaban J connectivity index is 1.51. The zero-order valence-corrected chi connectivity index (χ0v) is 18.4. The molecule has 5 nitrogen and oxygen atoms in total. The highest BCUT2D eigenvalue weighted by molar-refractivity contribution is 7.21. The number of nitrogens with zero attached hydrogens (tertiary/aromatic N) is 3. The third-order valence-corrected chi connectivity index (χ3v) is 7.09. The molecule has 0 saturated carbocycles. The summed E-state index contributed by atoms with van der Waals surface area (Å²) in [4.78, 5) is 21.8. The summed E-state index contributed by atoms with van der Waals surface area (Å²) in [6.45, 7) is 9.41. The van der Waals surface area contributed by atoms with Crippen molar-refractivity contribution in [3.63, 3.8) is 0 Å².